The van der Waals surface area contributed by atoms with Gasteiger partial charge in [-0.1, -0.05) is 35.9 Å². The Balaban J connectivity index is 1.67. The van der Waals surface area contributed by atoms with E-state index in [1.165, 1.54) is 17.6 Å². The lowest BCUT2D eigenvalue weighted by atomic mass is 9.95. The molecule has 158 valence electrons. The molecule has 0 atom stereocenters. The number of aromatic hydroxyl groups is 1. The molecule has 32 heavy (non-hydrogen) atoms. The Kier molecular flexibility index (Phi) is 4.79. The standard InChI is InChI=1S/C26H20N2O3S/c1-14-3-9-19(15(2)11-14)24(30)25-23(20-10-8-18(29)12-21(20)32-25)16-4-6-17(7-5-16)26-28-22(27)13-31-26/h3-13,29H,27H2,1-2H3. The van der Waals surface area contributed by atoms with Crippen LogP contribution in [-0.2, 0) is 0 Å². The van der Waals surface area contributed by atoms with Crippen molar-refractivity contribution >= 4 is 33.0 Å². The number of oxazole rings is 1. The van der Waals surface area contributed by atoms with Gasteiger partial charge in [-0.15, -0.1) is 11.3 Å². The molecule has 0 fully saturated rings. The number of fused-ring (bicyclic) bond motifs is 1. The first kappa shape index (κ1) is 20.0. The summed E-state index contributed by atoms with van der Waals surface area (Å²) < 4.78 is 6.25. The molecule has 0 saturated carbocycles. The number of nitrogens with zero attached hydrogens (tertiary/aromatic N) is 1. The molecule has 0 radical (unpaired) electrons. The van der Waals surface area contributed by atoms with Crippen LogP contribution < -0.4 is 5.73 Å². The highest BCUT2D eigenvalue weighted by molar-refractivity contribution is 7.21. The Bertz CT molecular complexity index is 1480. The molecule has 3 aromatic carbocycles. The number of rotatable bonds is 4. The topological polar surface area (TPSA) is 89.3 Å². The number of nitrogen functional groups attached to an aromatic ring is 1. The second kappa shape index (κ2) is 7.66. The van der Waals surface area contributed by atoms with E-state index in [0.717, 1.165) is 37.9 Å². The highest BCUT2D eigenvalue weighted by Gasteiger charge is 2.22. The van der Waals surface area contributed by atoms with Crippen molar-refractivity contribution in [3.63, 3.8) is 0 Å². The van der Waals surface area contributed by atoms with E-state index in [9.17, 15) is 9.90 Å². The SMILES string of the molecule is Cc1ccc(C(=O)c2sc3cc(O)ccc3c2-c2ccc(-c3nc(N)co3)cc2)c(C)c1. The number of hydrogen-bond acceptors (Lipinski definition) is 6. The molecule has 2 aromatic heterocycles. The number of ketones is 1. The zero-order chi connectivity index (χ0) is 22.4. The van der Waals surface area contributed by atoms with E-state index in [-0.39, 0.29) is 11.5 Å². The van der Waals surface area contributed by atoms with Crippen molar-refractivity contribution in [1.82, 2.24) is 4.98 Å². The van der Waals surface area contributed by atoms with Gasteiger partial charge in [-0.3, -0.25) is 4.79 Å². The summed E-state index contributed by atoms with van der Waals surface area (Å²) in [7, 11) is 0. The quantitative estimate of drug-likeness (QED) is 0.317. The molecule has 0 aliphatic carbocycles. The van der Waals surface area contributed by atoms with Crippen molar-refractivity contribution in [2.24, 2.45) is 0 Å². The molecule has 6 heteroatoms. The second-order valence-corrected chi connectivity index (χ2v) is 8.84. The Morgan fingerprint density at radius 1 is 1.00 bits per heavy atom. The van der Waals surface area contributed by atoms with E-state index in [0.29, 0.717) is 22.1 Å². The molecular formula is C26H20N2O3S. The number of nitrogens with two attached hydrogens (primary N) is 1. The van der Waals surface area contributed by atoms with Crippen molar-refractivity contribution in [2.45, 2.75) is 13.8 Å². The maximum atomic E-state index is 13.6. The number of aromatic nitrogens is 1. The van der Waals surface area contributed by atoms with Gasteiger partial charge in [0.2, 0.25) is 11.7 Å². The summed E-state index contributed by atoms with van der Waals surface area (Å²) in [6.45, 7) is 3.97. The van der Waals surface area contributed by atoms with Crippen molar-refractivity contribution < 1.29 is 14.3 Å². The Morgan fingerprint density at radius 2 is 1.75 bits per heavy atom. The van der Waals surface area contributed by atoms with Crippen molar-refractivity contribution in [2.75, 3.05) is 5.73 Å². The van der Waals surface area contributed by atoms with E-state index in [4.69, 9.17) is 10.2 Å². The van der Waals surface area contributed by atoms with Crippen molar-refractivity contribution in [1.29, 1.82) is 0 Å². The van der Waals surface area contributed by atoms with Crippen LogP contribution in [0, 0.1) is 13.8 Å². The van der Waals surface area contributed by atoms with Crippen LogP contribution in [0.4, 0.5) is 5.82 Å². The zero-order valence-corrected chi connectivity index (χ0v) is 18.4. The smallest absolute Gasteiger partial charge is 0.227 e. The van der Waals surface area contributed by atoms with Crippen LogP contribution in [0.3, 0.4) is 0 Å². The largest absolute Gasteiger partial charge is 0.508 e. The lowest BCUT2D eigenvalue weighted by molar-refractivity contribution is 0.104. The number of aryl methyl sites for hydroxylation is 2. The molecule has 0 bridgehead atoms. The van der Waals surface area contributed by atoms with Gasteiger partial charge in [-0.05, 0) is 55.3 Å². The average molecular weight is 441 g/mol. The first-order chi connectivity index (χ1) is 15.4. The van der Waals surface area contributed by atoms with E-state index in [1.54, 1.807) is 12.1 Å². The molecule has 0 aliphatic rings. The summed E-state index contributed by atoms with van der Waals surface area (Å²) in [5, 5.41) is 10.9. The van der Waals surface area contributed by atoms with E-state index >= 15 is 0 Å². The average Bonchev–Trinajstić information content (AvgIpc) is 3.37. The molecule has 0 amide bonds. The third kappa shape index (κ3) is 3.44. The van der Waals surface area contributed by atoms with Gasteiger partial charge < -0.3 is 15.3 Å². The Morgan fingerprint density at radius 3 is 2.44 bits per heavy atom. The summed E-state index contributed by atoms with van der Waals surface area (Å²) in [6, 6.07) is 18.8. The number of hydrogen-bond donors (Lipinski definition) is 2. The maximum absolute atomic E-state index is 13.6. The van der Waals surface area contributed by atoms with Gasteiger partial charge in [-0.2, -0.15) is 4.98 Å². The fraction of sp³-hybridized carbons (Fsp3) is 0.0769. The fourth-order valence-electron chi connectivity index (χ4n) is 3.92. The molecule has 5 nitrogen and oxygen atoms in total. The van der Waals surface area contributed by atoms with E-state index in [1.807, 2.05) is 62.4 Å². The van der Waals surface area contributed by atoms with Gasteiger partial charge in [-0.25, -0.2) is 0 Å². The molecule has 0 aliphatic heterocycles. The van der Waals surface area contributed by atoms with Crippen molar-refractivity contribution in [3.05, 3.63) is 88.5 Å². The highest BCUT2D eigenvalue weighted by atomic mass is 32.1. The lowest BCUT2D eigenvalue weighted by Gasteiger charge is -2.08. The molecule has 3 N–H and O–H groups in total. The zero-order valence-electron chi connectivity index (χ0n) is 17.5. The number of anilines is 1. The van der Waals surface area contributed by atoms with E-state index < -0.39 is 0 Å². The summed E-state index contributed by atoms with van der Waals surface area (Å²) in [4.78, 5) is 18.4. The molecule has 5 rings (SSSR count). The van der Waals surface area contributed by atoms with Crippen LogP contribution in [0.2, 0.25) is 0 Å². The summed E-state index contributed by atoms with van der Waals surface area (Å²) in [5.41, 5.74) is 11.0. The van der Waals surface area contributed by atoms with Gasteiger partial charge >= 0.3 is 0 Å². The van der Waals surface area contributed by atoms with Crippen LogP contribution in [0.1, 0.15) is 26.4 Å². The normalized spacial score (nSPS) is 11.2. The number of carbonyl (C=O) groups excluding carboxylic acids is 1. The first-order valence-corrected chi connectivity index (χ1v) is 10.9. The van der Waals surface area contributed by atoms with Gasteiger partial charge in [0.15, 0.2) is 5.82 Å². The number of thiophene rings is 1. The summed E-state index contributed by atoms with van der Waals surface area (Å²) in [6.07, 6.45) is 1.41. The van der Waals surface area contributed by atoms with Crippen LogP contribution in [0.5, 0.6) is 5.75 Å². The number of phenols is 1. The van der Waals surface area contributed by atoms with Gasteiger partial charge in [0.25, 0.3) is 0 Å². The second-order valence-electron chi connectivity index (χ2n) is 7.79. The van der Waals surface area contributed by atoms with Gasteiger partial charge in [0, 0.05) is 26.8 Å². The third-order valence-corrected chi connectivity index (χ3v) is 6.60. The van der Waals surface area contributed by atoms with E-state index in [2.05, 4.69) is 4.98 Å². The monoisotopic (exact) mass is 440 g/mol. The van der Waals surface area contributed by atoms with Gasteiger partial charge in [0.1, 0.15) is 12.0 Å². The minimum atomic E-state index is -0.0252. The number of carbonyl (C=O) groups is 1. The molecule has 0 saturated heterocycles. The lowest BCUT2D eigenvalue weighted by Crippen LogP contribution is -2.03. The summed E-state index contributed by atoms with van der Waals surface area (Å²) >= 11 is 1.40. The molecule has 2 heterocycles. The van der Waals surface area contributed by atoms with Gasteiger partial charge in [0.05, 0.1) is 4.88 Å². The summed E-state index contributed by atoms with van der Waals surface area (Å²) in [5.74, 6) is 0.921. The number of benzene rings is 3. The molecule has 0 spiro atoms. The minimum Gasteiger partial charge on any atom is -0.508 e. The first-order valence-electron chi connectivity index (χ1n) is 10.1. The third-order valence-electron chi connectivity index (χ3n) is 5.45. The fourth-order valence-corrected chi connectivity index (χ4v) is 5.13. The predicted octanol–water partition coefficient (Wildman–Crippen LogP) is 6.36. The van der Waals surface area contributed by atoms with Crippen LogP contribution in [0.15, 0.2) is 71.3 Å². The van der Waals surface area contributed by atoms with Crippen LogP contribution in [0.25, 0.3) is 32.7 Å². The molecule has 5 aromatic rings. The Hall–Kier alpha value is -3.90. The molecular weight excluding hydrogens is 420 g/mol. The number of phenolic OH excluding ortho intramolecular Hbond substituents is 1. The van der Waals surface area contributed by atoms with Crippen LogP contribution in [-0.4, -0.2) is 15.9 Å². The maximum Gasteiger partial charge on any atom is 0.227 e. The minimum absolute atomic E-state index is 0.0252. The molecule has 0 unspecified atom stereocenters. The Labute approximate surface area is 188 Å². The highest BCUT2D eigenvalue weighted by Crippen LogP contribution is 2.42. The predicted molar refractivity (Wildman–Crippen MR) is 128 cm³/mol. The van der Waals surface area contributed by atoms with Crippen LogP contribution >= 0.6 is 11.3 Å². The van der Waals surface area contributed by atoms with Crippen molar-refractivity contribution in [3.8, 4) is 28.3 Å².